The Morgan fingerprint density at radius 1 is 0.921 bits per heavy atom. The van der Waals surface area contributed by atoms with Gasteiger partial charge < -0.3 is 18.9 Å². The molecule has 0 saturated carbocycles. The number of hydrogen-bond acceptors (Lipinski definition) is 7. The highest BCUT2D eigenvalue weighted by Gasteiger charge is 2.38. The lowest BCUT2D eigenvalue weighted by atomic mass is 10.1. The summed E-state index contributed by atoms with van der Waals surface area (Å²) in [5.41, 5.74) is 1.19. The number of hydrogen-bond donors (Lipinski definition) is 1. The van der Waals surface area contributed by atoms with E-state index in [4.69, 9.17) is 30.5 Å². The number of imide groups is 2. The molecule has 1 N–H and O–H groups in total. The van der Waals surface area contributed by atoms with Crippen molar-refractivity contribution in [3.63, 3.8) is 0 Å². The first-order valence-corrected chi connectivity index (χ1v) is 12.3. The number of nitrogens with one attached hydrogen (secondary N) is 1. The smallest absolute Gasteiger partial charge is 0.336 e. The number of carbonyl (C=O) groups excluding carboxylic acids is 3. The molecule has 1 aliphatic rings. The molecule has 3 aromatic rings. The second kappa shape index (κ2) is 11.6. The highest BCUT2D eigenvalue weighted by Crippen LogP contribution is 2.40. The third-order valence-electron chi connectivity index (χ3n) is 5.58. The van der Waals surface area contributed by atoms with E-state index >= 15 is 0 Å². The Hall–Kier alpha value is -4.02. The van der Waals surface area contributed by atoms with Crippen molar-refractivity contribution in [3.05, 3.63) is 80.8 Å². The summed E-state index contributed by atoms with van der Waals surface area (Å²) in [6, 6.07) is 14.7. The van der Waals surface area contributed by atoms with Crippen LogP contribution in [0.5, 0.6) is 23.0 Å². The fourth-order valence-corrected chi connectivity index (χ4v) is 4.56. The average molecular weight is 602 g/mol. The molecular formula is C27H22BrClN2O7. The predicted octanol–water partition coefficient (Wildman–Crippen LogP) is 5.37. The predicted molar refractivity (Wildman–Crippen MR) is 145 cm³/mol. The van der Waals surface area contributed by atoms with Gasteiger partial charge in [0, 0.05) is 12.1 Å². The lowest BCUT2D eigenvalue weighted by molar-refractivity contribution is -0.122. The van der Waals surface area contributed by atoms with Gasteiger partial charge in [-0.25, -0.2) is 9.69 Å². The van der Waals surface area contributed by atoms with Crippen LogP contribution in [-0.2, 0) is 16.2 Å². The number of anilines is 1. The molecule has 0 unspecified atom stereocenters. The number of amides is 4. The number of rotatable bonds is 8. The molecule has 0 bridgehead atoms. The molecule has 0 radical (unpaired) electrons. The summed E-state index contributed by atoms with van der Waals surface area (Å²) in [7, 11) is 4.23. The zero-order chi connectivity index (χ0) is 27.4. The molecule has 3 aromatic carbocycles. The van der Waals surface area contributed by atoms with Crippen LogP contribution in [0.2, 0.25) is 5.02 Å². The Morgan fingerprint density at radius 3 is 2.26 bits per heavy atom. The van der Waals surface area contributed by atoms with E-state index in [-0.39, 0.29) is 27.8 Å². The quantitative estimate of drug-likeness (QED) is 0.273. The Labute approximate surface area is 232 Å². The number of barbiturate groups is 1. The van der Waals surface area contributed by atoms with Crippen molar-refractivity contribution in [1.82, 2.24) is 5.32 Å². The lowest BCUT2D eigenvalue weighted by Gasteiger charge is -2.28. The molecule has 0 aliphatic carbocycles. The average Bonchev–Trinajstić information content (AvgIpc) is 2.91. The summed E-state index contributed by atoms with van der Waals surface area (Å²) in [5.74, 6) is -0.533. The standard InChI is InChI=1S/C27H22BrClN2O7/c1-35-21-13-20(22(36-2)12-19(21)29)31-26(33)17(25(32)30-27(31)34)9-16-10-18(28)24(23(11-16)37-3)38-14-15-7-5-4-6-8-15/h4-13H,14H2,1-3H3,(H,30,32,34)/b17-9+. The van der Waals surface area contributed by atoms with Crippen LogP contribution in [0.25, 0.3) is 6.08 Å². The van der Waals surface area contributed by atoms with Gasteiger partial charge in [-0.3, -0.25) is 14.9 Å². The molecule has 1 aliphatic heterocycles. The van der Waals surface area contributed by atoms with Gasteiger partial charge >= 0.3 is 6.03 Å². The van der Waals surface area contributed by atoms with Crippen LogP contribution in [0.4, 0.5) is 10.5 Å². The van der Waals surface area contributed by atoms with E-state index in [1.54, 1.807) is 12.1 Å². The van der Waals surface area contributed by atoms with Crippen LogP contribution in [-0.4, -0.2) is 39.2 Å². The maximum absolute atomic E-state index is 13.4. The maximum atomic E-state index is 13.4. The van der Waals surface area contributed by atoms with Gasteiger partial charge in [0.15, 0.2) is 11.5 Å². The molecule has 1 saturated heterocycles. The minimum absolute atomic E-state index is 0.0538. The molecular weight excluding hydrogens is 580 g/mol. The molecule has 196 valence electrons. The van der Waals surface area contributed by atoms with E-state index in [0.717, 1.165) is 10.5 Å². The summed E-state index contributed by atoms with van der Waals surface area (Å²) < 4.78 is 22.5. The van der Waals surface area contributed by atoms with E-state index in [1.807, 2.05) is 30.3 Å². The molecule has 4 rings (SSSR count). The minimum Gasteiger partial charge on any atom is -0.495 e. The van der Waals surface area contributed by atoms with Crippen molar-refractivity contribution in [3.8, 4) is 23.0 Å². The van der Waals surface area contributed by atoms with Crippen molar-refractivity contribution in [2.45, 2.75) is 6.61 Å². The van der Waals surface area contributed by atoms with Crippen LogP contribution in [0.3, 0.4) is 0 Å². The number of methoxy groups -OCH3 is 3. The number of urea groups is 1. The molecule has 0 aromatic heterocycles. The van der Waals surface area contributed by atoms with Crippen LogP contribution >= 0.6 is 27.5 Å². The Balaban J connectivity index is 1.70. The van der Waals surface area contributed by atoms with Crippen molar-refractivity contribution < 1.29 is 33.3 Å². The van der Waals surface area contributed by atoms with Crippen molar-refractivity contribution in [2.75, 3.05) is 26.2 Å². The van der Waals surface area contributed by atoms with E-state index in [0.29, 0.717) is 28.1 Å². The molecule has 0 atom stereocenters. The fraction of sp³-hybridized carbons (Fsp3) is 0.148. The maximum Gasteiger partial charge on any atom is 0.336 e. The third-order valence-corrected chi connectivity index (χ3v) is 6.47. The van der Waals surface area contributed by atoms with Gasteiger partial charge in [0.05, 0.1) is 36.5 Å². The molecule has 38 heavy (non-hydrogen) atoms. The van der Waals surface area contributed by atoms with Gasteiger partial charge in [-0.05, 0) is 45.3 Å². The number of ether oxygens (including phenoxy) is 4. The van der Waals surface area contributed by atoms with Crippen LogP contribution in [0.15, 0.2) is 64.6 Å². The zero-order valence-corrected chi connectivity index (χ0v) is 22.9. The fourth-order valence-electron chi connectivity index (χ4n) is 3.75. The van der Waals surface area contributed by atoms with Gasteiger partial charge in [0.25, 0.3) is 11.8 Å². The first-order chi connectivity index (χ1) is 18.3. The number of carbonyl (C=O) groups is 3. The first kappa shape index (κ1) is 27.0. The Morgan fingerprint density at radius 2 is 1.61 bits per heavy atom. The van der Waals surface area contributed by atoms with E-state index in [9.17, 15) is 14.4 Å². The summed E-state index contributed by atoms with van der Waals surface area (Å²) in [4.78, 5) is 39.7. The normalized spacial score (nSPS) is 14.4. The van der Waals surface area contributed by atoms with E-state index in [1.165, 1.54) is 39.5 Å². The van der Waals surface area contributed by atoms with Crippen LogP contribution < -0.4 is 29.2 Å². The summed E-state index contributed by atoms with van der Waals surface area (Å²) >= 11 is 9.64. The SMILES string of the molecule is COc1cc(N2C(=O)NC(=O)/C(=C\c3cc(Br)c(OCc4ccccc4)c(OC)c3)C2=O)c(OC)cc1Cl. The topological polar surface area (TPSA) is 103 Å². The zero-order valence-electron chi connectivity index (χ0n) is 20.5. The first-order valence-electron chi connectivity index (χ1n) is 11.1. The van der Waals surface area contributed by atoms with Crippen molar-refractivity contribution in [2.24, 2.45) is 0 Å². The Kier molecular flexibility index (Phi) is 8.23. The molecule has 11 heteroatoms. The Bertz CT molecular complexity index is 1440. The minimum atomic E-state index is -0.941. The monoisotopic (exact) mass is 600 g/mol. The highest BCUT2D eigenvalue weighted by atomic mass is 79.9. The van der Waals surface area contributed by atoms with Crippen LogP contribution in [0, 0.1) is 0 Å². The number of halogens is 2. The van der Waals surface area contributed by atoms with Gasteiger partial charge in [0.1, 0.15) is 23.7 Å². The van der Waals surface area contributed by atoms with E-state index in [2.05, 4.69) is 21.2 Å². The second-order valence-corrected chi connectivity index (χ2v) is 9.19. The molecule has 1 heterocycles. The van der Waals surface area contributed by atoms with Crippen molar-refractivity contribution >= 4 is 57.1 Å². The molecule has 9 nitrogen and oxygen atoms in total. The van der Waals surface area contributed by atoms with Gasteiger partial charge in [-0.15, -0.1) is 0 Å². The van der Waals surface area contributed by atoms with E-state index < -0.39 is 17.8 Å². The van der Waals surface area contributed by atoms with Gasteiger partial charge in [-0.1, -0.05) is 41.9 Å². The van der Waals surface area contributed by atoms with Crippen LogP contribution in [0.1, 0.15) is 11.1 Å². The second-order valence-electron chi connectivity index (χ2n) is 7.92. The van der Waals surface area contributed by atoms with Gasteiger partial charge in [0.2, 0.25) is 0 Å². The highest BCUT2D eigenvalue weighted by molar-refractivity contribution is 9.10. The summed E-state index contributed by atoms with van der Waals surface area (Å²) in [6.45, 7) is 0.306. The molecule has 0 spiro atoms. The third kappa shape index (κ3) is 5.46. The number of benzene rings is 3. The van der Waals surface area contributed by atoms with Crippen molar-refractivity contribution in [1.29, 1.82) is 0 Å². The number of nitrogens with zero attached hydrogens (tertiary/aromatic N) is 1. The molecule has 4 amide bonds. The summed E-state index contributed by atoms with van der Waals surface area (Å²) in [6.07, 6.45) is 1.35. The van der Waals surface area contributed by atoms with Gasteiger partial charge in [-0.2, -0.15) is 0 Å². The lowest BCUT2D eigenvalue weighted by Crippen LogP contribution is -2.54. The summed E-state index contributed by atoms with van der Waals surface area (Å²) in [5, 5.41) is 2.41. The largest absolute Gasteiger partial charge is 0.495 e. The molecule has 1 fully saturated rings.